The van der Waals surface area contributed by atoms with Gasteiger partial charge in [0.2, 0.25) is 0 Å². The van der Waals surface area contributed by atoms with Crippen LogP contribution in [0.2, 0.25) is 0 Å². The molecule has 122 valence electrons. The number of hydrogen-bond donors (Lipinski definition) is 1. The second-order valence-electron chi connectivity index (χ2n) is 5.66. The first-order valence-electron chi connectivity index (χ1n) is 7.98. The van der Waals surface area contributed by atoms with Crippen LogP contribution in [0.5, 0.6) is 5.75 Å². The fourth-order valence-corrected chi connectivity index (χ4v) is 2.68. The largest absolute Gasteiger partial charge is 0.487 e. The van der Waals surface area contributed by atoms with E-state index in [1.54, 1.807) is 6.20 Å². The maximum Gasteiger partial charge on any atom is 0.303 e. The first-order valence-corrected chi connectivity index (χ1v) is 7.98. The normalized spacial score (nSPS) is 10.7. The van der Waals surface area contributed by atoms with E-state index in [2.05, 4.69) is 11.1 Å². The number of nitrogens with zero attached hydrogens (tertiary/aromatic N) is 1. The molecule has 0 aliphatic heterocycles. The highest BCUT2D eigenvalue weighted by molar-refractivity contribution is 5.84. The number of pyridine rings is 1. The molecule has 0 bridgehead atoms. The number of benzene rings is 2. The smallest absolute Gasteiger partial charge is 0.303 e. The first-order chi connectivity index (χ1) is 11.7. The summed E-state index contributed by atoms with van der Waals surface area (Å²) in [5.74, 6) is 0.0157. The van der Waals surface area contributed by atoms with Crippen molar-refractivity contribution >= 4 is 16.7 Å². The van der Waals surface area contributed by atoms with Crippen molar-refractivity contribution in [3.8, 4) is 5.75 Å². The van der Waals surface area contributed by atoms with Crippen LogP contribution < -0.4 is 4.74 Å². The van der Waals surface area contributed by atoms with Gasteiger partial charge in [0, 0.05) is 18.0 Å². The number of carbonyl (C=O) groups is 1. The zero-order valence-electron chi connectivity index (χ0n) is 13.3. The Balaban J connectivity index is 1.67. The number of carboxylic acids is 1. The van der Waals surface area contributed by atoms with Gasteiger partial charge in [-0.15, -0.1) is 0 Å². The molecule has 0 amide bonds. The molecule has 0 atom stereocenters. The van der Waals surface area contributed by atoms with Crippen LogP contribution in [0.4, 0.5) is 0 Å². The number of aromatic nitrogens is 1. The highest BCUT2D eigenvalue weighted by Crippen LogP contribution is 2.20. The Morgan fingerprint density at radius 1 is 1.08 bits per heavy atom. The van der Waals surface area contributed by atoms with E-state index in [0.717, 1.165) is 34.2 Å². The molecule has 2 aromatic carbocycles. The molecule has 0 spiro atoms. The van der Waals surface area contributed by atoms with Gasteiger partial charge < -0.3 is 9.84 Å². The summed E-state index contributed by atoms with van der Waals surface area (Å²) in [7, 11) is 0. The van der Waals surface area contributed by atoms with Crippen LogP contribution in [0.1, 0.15) is 24.1 Å². The van der Waals surface area contributed by atoms with E-state index in [1.165, 1.54) is 0 Å². The molecule has 0 fully saturated rings. The fraction of sp³-hybridized carbons (Fsp3) is 0.200. The summed E-state index contributed by atoms with van der Waals surface area (Å²) in [6, 6.07) is 17.9. The number of ether oxygens (including phenoxy) is 1. The molecule has 3 aromatic rings. The van der Waals surface area contributed by atoms with E-state index in [-0.39, 0.29) is 6.42 Å². The van der Waals surface area contributed by atoms with Gasteiger partial charge in [-0.05, 0) is 42.0 Å². The Morgan fingerprint density at radius 2 is 1.96 bits per heavy atom. The van der Waals surface area contributed by atoms with Crippen LogP contribution in [0, 0.1) is 0 Å². The average Bonchev–Trinajstić information content (AvgIpc) is 2.60. The summed E-state index contributed by atoms with van der Waals surface area (Å²) in [6.07, 6.45) is 3.34. The van der Waals surface area contributed by atoms with Crippen LogP contribution >= 0.6 is 0 Å². The number of aliphatic carboxylic acids is 1. The van der Waals surface area contributed by atoms with E-state index < -0.39 is 5.97 Å². The van der Waals surface area contributed by atoms with Gasteiger partial charge >= 0.3 is 5.97 Å². The molecule has 0 aliphatic rings. The topological polar surface area (TPSA) is 59.4 Å². The lowest BCUT2D eigenvalue weighted by Crippen LogP contribution is -2.00. The Hall–Kier alpha value is -2.88. The van der Waals surface area contributed by atoms with Crippen LogP contribution in [-0.2, 0) is 17.8 Å². The Morgan fingerprint density at radius 3 is 2.83 bits per heavy atom. The van der Waals surface area contributed by atoms with E-state index in [9.17, 15) is 4.79 Å². The molecular formula is C20H19NO3. The van der Waals surface area contributed by atoms with Gasteiger partial charge in [0.1, 0.15) is 12.4 Å². The highest BCUT2D eigenvalue weighted by Gasteiger charge is 2.04. The number of rotatable bonds is 7. The second kappa shape index (κ2) is 7.59. The van der Waals surface area contributed by atoms with E-state index in [4.69, 9.17) is 9.84 Å². The Bertz CT molecular complexity index is 840. The third-order valence-electron chi connectivity index (χ3n) is 3.89. The molecule has 0 aliphatic carbocycles. The predicted octanol–water partition coefficient (Wildman–Crippen LogP) is 4.22. The molecule has 24 heavy (non-hydrogen) atoms. The molecule has 0 saturated carbocycles. The standard InChI is InChI=1S/C20H19NO3/c22-20(23)10-4-6-15-5-3-8-17(13-15)24-14-19-18-9-2-1-7-16(18)11-12-21-19/h1-3,5,7-9,11-13H,4,6,10,14H2,(H,22,23). The monoisotopic (exact) mass is 321 g/mol. The lowest BCUT2D eigenvalue weighted by Gasteiger charge is -2.09. The van der Waals surface area contributed by atoms with E-state index in [1.807, 2.05) is 48.5 Å². The minimum Gasteiger partial charge on any atom is -0.487 e. The molecular weight excluding hydrogens is 302 g/mol. The van der Waals surface area contributed by atoms with Gasteiger partial charge in [0.05, 0.1) is 5.69 Å². The highest BCUT2D eigenvalue weighted by atomic mass is 16.5. The number of fused-ring (bicyclic) bond motifs is 1. The minimum atomic E-state index is -0.760. The molecule has 0 unspecified atom stereocenters. The summed E-state index contributed by atoms with van der Waals surface area (Å²) >= 11 is 0. The molecule has 1 aromatic heterocycles. The molecule has 4 heteroatoms. The number of carboxylic acid groups (broad SMARTS) is 1. The maximum absolute atomic E-state index is 10.6. The summed E-state index contributed by atoms with van der Waals surface area (Å²) < 4.78 is 5.89. The zero-order chi connectivity index (χ0) is 16.8. The van der Waals surface area contributed by atoms with E-state index >= 15 is 0 Å². The Kier molecular flexibility index (Phi) is 5.06. The lowest BCUT2D eigenvalue weighted by atomic mass is 10.1. The SMILES string of the molecule is O=C(O)CCCc1cccc(OCc2nccc3ccccc23)c1. The number of aryl methyl sites for hydroxylation is 1. The molecule has 1 heterocycles. The molecule has 0 saturated heterocycles. The van der Waals surface area contributed by atoms with Gasteiger partial charge in [-0.25, -0.2) is 0 Å². The number of hydrogen-bond acceptors (Lipinski definition) is 3. The van der Waals surface area contributed by atoms with Crippen molar-refractivity contribution in [2.45, 2.75) is 25.9 Å². The predicted molar refractivity (Wildman–Crippen MR) is 93.1 cm³/mol. The Labute approximate surface area is 140 Å². The molecule has 1 N–H and O–H groups in total. The van der Waals surface area contributed by atoms with Crippen LogP contribution in [0.3, 0.4) is 0 Å². The molecule has 3 rings (SSSR count). The van der Waals surface area contributed by atoms with Gasteiger partial charge in [0.25, 0.3) is 0 Å². The van der Waals surface area contributed by atoms with Crippen LogP contribution in [-0.4, -0.2) is 16.1 Å². The molecule has 0 radical (unpaired) electrons. The van der Waals surface area contributed by atoms with Crippen LogP contribution in [0.15, 0.2) is 60.8 Å². The van der Waals surface area contributed by atoms with Gasteiger partial charge in [0.15, 0.2) is 0 Å². The van der Waals surface area contributed by atoms with Crippen molar-refractivity contribution < 1.29 is 14.6 Å². The second-order valence-corrected chi connectivity index (χ2v) is 5.66. The van der Waals surface area contributed by atoms with Crippen molar-refractivity contribution in [1.29, 1.82) is 0 Å². The third kappa shape index (κ3) is 4.10. The summed E-state index contributed by atoms with van der Waals surface area (Å²) in [4.78, 5) is 15.0. The van der Waals surface area contributed by atoms with Crippen molar-refractivity contribution in [2.75, 3.05) is 0 Å². The fourth-order valence-electron chi connectivity index (χ4n) is 2.68. The quantitative estimate of drug-likeness (QED) is 0.708. The third-order valence-corrected chi connectivity index (χ3v) is 3.89. The minimum absolute atomic E-state index is 0.186. The summed E-state index contributed by atoms with van der Waals surface area (Å²) in [5.41, 5.74) is 1.99. The van der Waals surface area contributed by atoms with Crippen molar-refractivity contribution in [1.82, 2.24) is 4.98 Å². The van der Waals surface area contributed by atoms with Crippen LogP contribution in [0.25, 0.3) is 10.8 Å². The van der Waals surface area contributed by atoms with Gasteiger partial charge in [-0.1, -0.05) is 36.4 Å². The first kappa shape index (κ1) is 16.0. The van der Waals surface area contributed by atoms with Crippen molar-refractivity contribution in [2.24, 2.45) is 0 Å². The van der Waals surface area contributed by atoms with Gasteiger partial charge in [-0.3, -0.25) is 9.78 Å². The average molecular weight is 321 g/mol. The summed E-state index contributed by atoms with van der Waals surface area (Å²) in [6.45, 7) is 0.403. The zero-order valence-corrected chi connectivity index (χ0v) is 13.3. The van der Waals surface area contributed by atoms with E-state index in [0.29, 0.717) is 13.0 Å². The van der Waals surface area contributed by atoms with Crippen molar-refractivity contribution in [3.63, 3.8) is 0 Å². The molecule has 4 nitrogen and oxygen atoms in total. The maximum atomic E-state index is 10.6. The lowest BCUT2D eigenvalue weighted by molar-refractivity contribution is -0.137. The van der Waals surface area contributed by atoms with Gasteiger partial charge in [-0.2, -0.15) is 0 Å². The van der Waals surface area contributed by atoms with Crippen molar-refractivity contribution in [3.05, 3.63) is 72.1 Å². The summed E-state index contributed by atoms with van der Waals surface area (Å²) in [5, 5.41) is 11.0.